The highest BCUT2D eigenvalue weighted by molar-refractivity contribution is 5.72. The molecule has 0 atom stereocenters. The van der Waals surface area contributed by atoms with Crippen molar-refractivity contribution < 1.29 is 0 Å². The molecule has 4 aromatic carbocycles. The smallest absolute Gasteiger partial charge is 0.177 e. The third-order valence-corrected chi connectivity index (χ3v) is 7.87. The van der Waals surface area contributed by atoms with Crippen molar-refractivity contribution in [2.45, 2.75) is 0 Å². The summed E-state index contributed by atoms with van der Waals surface area (Å²) < 4.78 is 1.58. The maximum atomic E-state index is 9.54. The highest BCUT2D eigenvalue weighted by Gasteiger charge is 2.12. The molecule has 0 saturated carbocycles. The van der Waals surface area contributed by atoms with E-state index in [9.17, 15) is 10.5 Å². The number of hydrogen-bond donors (Lipinski definition) is 0. The molecule has 0 unspecified atom stereocenters. The third kappa shape index (κ3) is 9.08. The van der Waals surface area contributed by atoms with Crippen LogP contribution in [0.15, 0.2) is 103 Å². The number of benzene rings is 4. The molecule has 1 aromatic heterocycles. The van der Waals surface area contributed by atoms with E-state index in [1.165, 1.54) is 0 Å². The normalized spacial score (nSPS) is 10.4. The predicted octanol–water partition coefficient (Wildman–Crippen LogP) is 8.12. The fraction of sp³-hybridized carbons (Fsp3) is 0.114. The number of rotatable bonds is 7. The first-order valence-electron chi connectivity index (χ1n) is 16.0. The van der Waals surface area contributed by atoms with Gasteiger partial charge in [0.25, 0.3) is 0 Å². The van der Waals surface area contributed by atoms with E-state index >= 15 is 0 Å². The Kier molecular flexibility index (Phi) is 11.1. The van der Waals surface area contributed by atoms with E-state index in [2.05, 4.69) is 117 Å². The Bertz CT molecular complexity index is 2140. The van der Waals surface area contributed by atoms with E-state index in [0.717, 1.165) is 44.8 Å². The molecular formula is C44H36N6. The second-order valence-electron chi connectivity index (χ2n) is 11.9. The van der Waals surface area contributed by atoms with Crippen molar-refractivity contribution in [3.8, 4) is 35.8 Å². The number of imidazole rings is 1. The SMILES string of the molecule is CN(C)c1ccc(/C=C/c2ccc(C#CC(C#Cc3ccc(/C=C/c4ccc(N(C)C)cc4)cc3)=Cc3nc(C#N)c(C#N)n3C)cc2)cc1. The van der Waals surface area contributed by atoms with Crippen molar-refractivity contribution in [2.75, 3.05) is 38.0 Å². The summed E-state index contributed by atoms with van der Waals surface area (Å²) in [4.78, 5) is 8.49. The van der Waals surface area contributed by atoms with Gasteiger partial charge in [-0.25, -0.2) is 4.98 Å². The van der Waals surface area contributed by atoms with Crippen molar-refractivity contribution in [2.24, 2.45) is 7.05 Å². The van der Waals surface area contributed by atoms with Crippen molar-refractivity contribution in [3.63, 3.8) is 0 Å². The van der Waals surface area contributed by atoms with Crippen LogP contribution in [-0.2, 0) is 7.05 Å². The van der Waals surface area contributed by atoms with Gasteiger partial charge in [-0.1, -0.05) is 96.5 Å². The summed E-state index contributed by atoms with van der Waals surface area (Å²) in [7, 11) is 9.81. The van der Waals surface area contributed by atoms with Crippen molar-refractivity contribution in [1.82, 2.24) is 9.55 Å². The Labute approximate surface area is 295 Å². The molecule has 0 radical (unpaired) electrons. The Balaban J connectivity index is 1.36. The summed E-state index contributed by atoms with van der Waals surface area (Å²) in [5.74, 6) is 13.2. The van der Waals surface area contributed by atoms with E-state index in [4.69, 9.17) is 0 Å². The van der Waals surface area contributed by atoms with Crippen LogP contribution in [0.1, 0.15) is 50.6 Å². The average molecular weight is 649 g/mol. The molecule has 6 nitrogen and oxygen atoms in total. The topological polar surface area (TPSA) is 71.9 Å². The van der Waals surface area contributed by atoms with Gasteiger partial charge in [0.2, 0.25) is 0 Å². The molecule has 242 valence electrons. The van der Waals surface area contributed by atoms with Gasteiger partial charge < -0.3 is 14.4 Å². The zero-order chi connectivity index (χ0) is 35.5. The maximum absolute atomic E-state index is 9.54. The highest BCUT2D eigenvalue weighted by atomic mass is 15.1. The molecule has 0 bridgehead atoms. The van der Waals surface area contributed by atoms with Crippen LogP contribution >= 0.6 is 0 Å². The Morgan fingerprint density at radius 3 is 1.28 bits per heavy atom. The second-order valence-corrected chi connectivity index (χ2v) is 11.9. The molecule has 50 heavy (non-hydrogen) atoms. The van der Waals surface area contributed by atoms with Gasteiger partial charge in [0.1, 0.15) is 18.0 Å². The number of nitriles is 2. The minimum atomic E-state index is 0.0658. The molecule has 0 aliphatic heterocycles. The van der Waals surface area contributed by atoms with Crippen LogP contribution < -0.4 is 9.80 Å². The van der Waals surface area contributed by atoms with Crippen LogP contribution in [0.2, 0.25) is 0 Å². The Morgan fingerprint density at radius 2 is 0.960 bits per heavy atom. The van der Waals surface area contributed by atoms with Gasteiger partial charge in [-0.3, -0.25) is 0 Å². The largest absolute Gasteiger partial charge is 0.378 e. The number of hydrogen-bond acceptors (Lipinski definition) is 5. The van der Waals surface area contributed by atoms with Gasteiger partial charge in [0.15, 0.2) is 11.4 Å². The van der Waals surface area contributed by atoms with Gasteiger partial charge in [-0.15, -0.1) is 0 Å². The zero-order valence-corrected chi connectivity index (χ0v) is 28.8. The Morgan fingerprint density at radius 1 is 0.580 bits per heavy atom. The lowest BCUT2D eigenvalue weighted by molar-refractivity contribution is 0.881. The van der Waals surface area contributed by atoms with Gasteiger partial charge >= 0.3 is 0 Å². The van der Waals surface area contributed by atoms with Gasteiger partial charge in [0, 0.05) is 63.8 Å². The van der Waals surface area contributed by atoms with E-state index < -0.39 is 0 Å². The van der Waals surface area contributed by atoms with Crippen LogP contribution in [0.4, 0.5) is 11.4 Å². The van der Waals surface area contributed by atoms with E-state index in [-0.39, 0.29) is 11.4 Å². The summed E-state index contributed by atoms with van der Waals surface area (Å²) in [5.41, 5.74) is 9.09. The molecule has 1 heterocycles. The monoisotopic (exact) mass is 648 g/mol. The lowest BCUT2D eigenvalue weighted by Gasteiger charge is -2.11. The first-order valence-corrected chi connectivity index (χ1v) is 16.0. The molecule has 0 aliphatic carbocycles. The molecule has 0 N–H and O–H groups in total. The highest BCUT2D eigenvalue weighted by Crippen LogP contribution is 2.17. The number of aromatic nitrogens is 2. The van der Waals surface area contributed by atoms with Gasteiger partial charge in [-0.05, 0) is 70.8 Å². The molecule has 5 aromatic rings. The average Bonchev–Trinajstić information content (AvgIpc) is 3.45. The first kappa shape index (κ1) is 34.3. The molecule has 5 rings (SSSR count). The van der Waals surface area contributed by atoms with Gasteiger partial charge in [-0.2, -0.15) is 10.5 Å². The fourth-order valence-corrected chi connectivity index (χ4v) is 4.87. The number of anilines is 2. The lowest BCUT2D eigenvalue weighted by atomic mass is 10.1. The van der Waals surface area contributed by atoms with Crippen LogP contribution in [-0.4, -0.2) is 37.7 Å². The summed E-state index contributed by atoms with van der Waals surface area (Å²) in [6, 6.07) is 36.8. The molecule has 0 spiro atoms. The van der Waals surface area contributed by atoms with Crippen molar-refractivity contribution in [1.29, 1.82) is 10.5 Å². The van der Waals surface area contributed by atoms with Crippen molar-refractivity contribution in [3.05, 3.63) is 153 Å². The molecule has 6 heteroatoms. The van der Waals surface area contributed by atoms with E-state index in [1.807, 2.05) is 82.8 Å². The van der Waals surface area contributed by atoms with Crippen LogP contribution in [0.3, 0.4) is 0 Å². The quantitative estimate of drug-likeness (QED) is 0.132. The Hall–Kier alpha value is -6.99. The van der Waals surface area contributed by atoms with Crippen LogP contribution in [0, 0.1) is 46.3 Å². The summed E-state index contributed by atoms with van der Waals surface area (Å²) in [5, 5.41) is 19.0. The zero-order valence-electron chi connectivity index (χ0n) is 28.8. The van der Waals surface area contributed by atoms with Crippen LogP contribution in [0.25, 0.3) is 30.4 Å². The van der Waals surface area contributed by atoms with Crippen molar-refractivity contribution >= 4 is 41.8 Å². The minimum Gasteiger partial charge on any atom is -0.378 e. The van der Waals surface area contributed by atoms with E-state index in [1.54, 1.807) is 17.7 Å². The summed E-state index contributed by atoms with van der Waals surface area (Å²) >= 11 is 0. The first-order chi connectivity index (χ1) is 24.2. The summed E-state index contributed by atoms with van der Waals surface area (Å²) in [6.07, 6.45) is 10.0. The molecular weight excluding hydrogens is 613 g/mol. The minimum absolute atomic E-state index is 0.0658. The molecule has 0 amide bonds. The number of nitrogens with zero attached hydrogens (tertiary/aromatic N) is 6. The second kappa shape index (κ2) is 16.2. The van der Waals surface area contributed by atoms with Crippen LogP contribution in [0.5, 0.6) is 0 Å². The predicted molar refractivity (Wildman–Crippen MR) is 207 cm³/mol. The number of allylic oxidation sites excluding steroid dienone is 1. The molecule has 0 saturated heterocycles. The third-order valence-electron chi connectivity index (χ3n) is 7.87. The molecule has 0 aliphatic rings. The lowest BCUT2D eigenvalue weighted by Crippen LogP contribution is -2.07. The summed E-state index contributed by atoms with van der Waals surface area (Å²) in [6.45, 7) is 0. The van der Waals surface area contributed by atoms with E-state index in [0.29, 0.717) is 11.4 Å². The van der Waals surface area contributed by atoms with Gasteiger partial charge in [0.05, 0.1) is 5.57 Å². The molecule has 0 fully saturated rings. The maximum Gasteiger partial charge on any atom is 0.177 e. The standard InChI is InChI=1S/C44H36N6/c1-48(2)40-26-22-37(23-27-40)16-14-33-6-10-35(11-7-33)18-20-39(30-44-47-42(31-45)43(32-46)50(44)5)21-19-36-12-8-34(9-13-36)15-17-38-24-28-41(29-25-38)49(3)4/h6-17,22-30H,1-5H3/b16-14+,17-15+. The fourth-order valence-electron chi connectivity index (χ4n) is 4.87.